The predicted octanol–water partition coefficient (Wildman–Crippen LogP) is 2.97. The lowest BCUT2D eigenvalue weighted by atomic mass is 10.1. The minimum Gasteiger partial charge on any atom is -0.347 e. The van der Waals surface area contributed by atoms with Gasteiger partial charge in [0.05, 0.1) is 18.8 Å². The molecule has 1 unspecified atom stereocenters. The van der Waals surface area contributed by atoms with Gasteiger partial charge in [-0.15, -0.1) is 0 Å². The lowest BCUT2D eigenvalue weighted by Gasteiger charge is -2.33. The van der Waals surface area contributed by atoms with E-state index in [-0.39, 0.29) is 18.0 Å². The SMILES string of the molecule is CN(C)CCn1nc(-c2ccc(CN3CCN(S(=O)c4cc5cc(Cl)ccc5[nH]4)CC3=O)cc2)ccc1=O. The molecule has 4 aromatic rings. The third-order valence-electron chi connectivity index (χ3n) is 6.51. The molecule has 1 saturated heterocycles. The first kappa shape index (κ1) is 26.3. The zero-order valence-electron chi connectivity index (χ0n) is 21.3. The normalized spacial score (nSPS) is 15.5. The van der Waals surface area contributed by atoms with Gasteiger partial charge in [0.15, 0.2) is 0 Å². The van der Waals surface area contributed by atoms with Gasteiger partial charge in [-0.1, -0.05) is 35.9 Å². The van der Waals surface area contributed by atoms with Crippen LogP contribution in [-0.2, 0) is 28.9 Å². The minimum atomic E-state index is -1.47. The van der Waals surface area contributed by atoms with Gasteiger partial charge in [0.2, 0.25) is 5.91 Å². The third kappa shape index (κ3) is 5.88. The van der Waals surface area contributed by atoms with E-state index in [4.69, 9.17) is 11.6 Å². The molecule has 0 saturated carbocycles. The van der Waals surface area contributed by atoms with Gasteiger partial charge in [-0.3, -0.25) is 9.59 Å². The van der Waals surface area contributed by atoms with Gasteiger partial charge < -0.3 is 14.8 Å². The smallest absolute Gasteiger partial charge is 0.266 e. The Labute approximate surface area is 228 Å². The summed E-state index contributed by atoms with van der Waals surface area (Å²) in [7, 11) is 2.44. The Bertz CT molecular complexity index is 1550. The molecule has 3 heterocycles. The molecule has 0 radical (unpaired) electrons. The van der Waals surface area contributed by atoms with Crippen LogP contribution in [0.2, 0.25) is 5.02 Å². The van der Waals surface area contributed by atoms with Crippen molar-refractivity contribution in [1.82, 2.24) is 28.9 Å². The maximum Gasteiger partial charge on any atom is 0.266 e. The highest BCUT2D eigenvalue weighted by molar-refractivity contribution is 7.82. The Morgan fingerprint density at radius 2 is 1.82 bits per heavy atom. The molecule has 0 spiro atoms. The first-order valence-corrected chi connectivity index (χ1v) is 13.8. The maximum atomic E-state index is 13.1. The van der Waals surface area contributed by atoms with Gasteiger partial charge in [0.25, 0.3) is 5.56 Å². The predicted molar refractivity (Wildman–Crippen MR) is 149 cm³/mol. The van der Waals surface area contributed by atoms with E-state index in [9.17, 15) is 13.8 Å². The molecule has 1 aliphatic rings. The van der Waals surface area contributed by atoms with Crippen molar-refractivity contribution in [1.29, 1.82) is 0 Å². The zero-order valence-corrected chi connectivity index (χ0v) is 22.8. The quantitative estimate of drug-likeness (QED) is 0.363. The Kier molecular flexibility index (Phi) is 7.75. The standard InChI is InChI=1S/C27H29ClN6O3S/c1-31(2)11-14-34-26(35)10-9-24(30-34)20-5-3-19(4-6-20)17-32-12-13-33(18-27(32)36)38(37)25-16-21-15-22(28)7-8-23(21)29-25/h3-10,15-16,29H,11-14,17-18H2,1-2H3. The fourth-order valence-corrected chi connectivity index (χ4v) is 5.72. The van der Waals surface area contributed by atoms with Crippen molar-refractivity contribution in [3.05, 3.63) is 81.6 Å². The van der Waals surface area contributed by atoms with Crippen molar-refractivity contribution >= 4 is 39.4 Å². The number of carbonyl (C=O) groups is 1. The average molecular weight is 553 g/mol. The molecule has 5 rings (SSSR count). The number of piperazine rings is 1. The number of nitrogens with one attached hydrogen (secondary N) is 1. The van der Waals surface area contributed by atoms with Gasteiger partial charge in [-0.25, -0.2) is 13.2 Å². The molecule has 1 amide bonds. The topological polar surface area (TPSA) is 94.5 Å². The minimum absolute atomic E-state index is 0.0672. The largest absolute Gasteiger partial charge is 0.347 e. The number of likely N-dealkylation sites (N-methyl/N-ethyl adjacent to an activating group) is 1. The molecule has 9 nitrogen and oxygen atoms in total. The Morgan fingerprint density at radius 3 is 2.55 bits per heavy atom. The second-order valence-corrected chi connectivity index (χ2v) is 11.5. The van der Waals surface area contributed by atoms with Crippen LogP contribution in [0, 0.1) is 0 Å². The lowest BCUT2D eigenvalue weighted by molar-refractivity contribution is -0.134. The molecule has 11 heteroatoms. The summed E-state index contributed by atoms with van der Waals surface area (Å²) in [5.74, 6) is -0.0672. The van der Waals surface area contributed by atoms with Crippen LogP contribution >= 0.6 is 11.6 Å². The number of aromatic amines is 1. The van der Waals surface area contributed by atoms with Gasteiger partial charge in [-0.05, 0) is 50.0 Å². The maximum absolute atomic E-state index is 13.1. The molecule has 2 aromatic carbocycles. The lowest BCUT2D eigenvalue weighted by Crippen LogP contribution is -2.50. The third-order valence-corrected chi connectivity index (χ3v) is 8.13. The number of rotatable bonds is 8. The van der Waals surface area contributed by atoms with Crippen LogP contribution in [0.4, 0.5) is 0 Å². The van der Waals surface area contributed by atoms with E-state index in [0.717, 1.165) is 34.3 Å². The van der Waals surface area contributed by atoms with Gasteiger partial charge in [-0.2, -0.15) is 5.10 Å². The van der Waals surface area contributed by atoms with Crippen LogP contribution in [0.25, 0.3) is 22.2 Å². The average Bonchev–Trinajstić information content (AvgIpc) is 3.32. The van der Waals surface area contributed by atoms with E-state index in [1.807, 2.05) is 61.5 Å². The summed E-state index contributed by atoms with van der Waals surface area (Å²) >= 11 is 6.06. The number of hydrogen-bond acceptors (Lipinski definition) is 5. The van der Waals surface area contributed by atoms with Crippen LogP contribution in [0.5, 0.6) is 0 Å². The fourth-order valence-electron chi connectivity index (χ4n) is 4.36. The van der Waals surface area contributed by atoms with Gasteiger partial charge in [0, 0.05) is 53.7 Å². The van der Waals surface area contributed by atoms with Crippen LogP contribution in [0.15, 0.2) is 70.5 Å². The molecule has 0 bridgehead atoms. The molecule has 38 heavy (non-hydrogen) atoms. The summed E-state index contributed by atoms with van der Waals surface area (Å²) < 4.78 is 16.3. The van der Waals surface area contributed by atoms with Crippen LogP contribution in [0.3, 0.4) is 0 Å². The number of nitrogens with zero attached hydrogens (tertiary/aromatic N) is 5. The van der Waals surface area contributed by atoms with Crippen molar-refractivity contribution in [3.63, 3.8) is 0 Å². The summed E-state index contributed by atoms with van der Waals surface area (Å²) in [5, 5.41) is 6.57. The number of amides is 1. The van der Waals surface area contributed by atoms with E-state index in [1.54, 1.807) is 27.4 Å². The number of fused-ring (bicyclic) bond motifs is 1. The molecule has 1 atom stereocenters. The fraction of sp³-hybridized carbons (Fsp3) is 0.296. The number of halogens is 1. The summed E-state index contributed by atoms with van der Waals surface area (Å²) in [4.78, 5) is 32.0. The summed E-state index contributed by atoms with van der Waals surface area (Å²) in [5.41, 5.74) is 3.35. The molecule has 1 aliphatic heterocycles. The Hall–Kier alpha value is -3.31. The van der Waals surface area contributed by atoms with E-state index in [1.165, 1.54) is 4.68 Å². The molecule has 0 aliphatic carbocycles. The summed E-state index contributed by atoms with van der Waals surface area (Å²) in [6.45, 7) is 2.79. The van der Waals surface area contributed by atoms with Gasteiger partial charge >= 0.3 is 0 Å². The molecular formula is C27H29ClN6O3S. The number of H-pyrrole nitrogens is 1. The molecule has 1 fully saturated rings. The van der Waals surface area contributed by atoms with Crippen LogP contribution < -0.4 is 5.56 Å². The van der Waals surface area contributed by atoms with E-state index < -0.39 is 11.0 Å². The Balaban J connectivity index is 1.21. The van der Waals surface area contributed by atoms with Crippen molar-refractivity contribution in [2.45, 2.75) is 18.1 Å². The second kappa shape index (κ2) is 11.2. The van der Waals surface area contributed by atoms with Crippen LogP contribution in [0.1, 0.15) is 5.56 Å². The summed E-state index contributed by atoms with van der Waals surface area (Å²) in [6, 6.07) is 18.4. The zero-order chi connectivity index (χ0) is 26.8. The van der Waals surface area contributed by atoms with Crippen molar-refractivity contribution in [3.8, 4) is 11.3 Å². The highest BCUT2D eigenvalue weighted by Crippen LogP contribution is 2.24. The number of benzene rings is 2. The van der Waals surface area contributed by atoms with E-state index in [0.29, 0.717) is 36.2 Å². The number of carbonyl (C=O) groups excluding carboxylic acids is 1. The van der Waals surface area contributed by atoms with E-state index >= 15 is 0 Å². The molecule has 1 N–H and O–H groups in total. The highest BCUT2D eigenvalue weighted by Gasteiger charge is 2.28. The van der Waals surface area contributed by atoms with E-state index in [2.05, 4.69) is 10.1 Å². The molecule has 2 aromatic heterocycles. The van der Waals surface area contributed by atoms with Gasteiger partial charge in [0.1, 0.15) is 16.0 Å². The highest BCUT2D eigenvalue weighted by atomic mass is 35.5. The van der Waals surface area contributed by atoms with Crippen LogP contribution in [-0.4, -0.2) is 79.3 Å². The molecular weight excluding hydrogens is 524 g/mol. The van der Waals surface area contributed by atoms with Crippen molar-refractivity contribution < 1.29 is 9.00 Å². The first-order chi connectivity index (χ1) is 18.3. The van der Waals surface area contributed by atoms with Crippen molar-refractivity contribution in [2.75, 3.05) is 40.3 Å². The van der Waals surface area contributed by atoms with Crippen molar-refractivity contribution in [2.24, 2.45) is 0 Å². The second-order valence-electron chi connectivity index (χ2n) is 9.57. The first-order valence-electron chi connectivity index (χ1n) is 12.3. The monoisotopic (exact) mass is 552 g/mol. The Morgan fingerprint density at radius 1 is 1.03 bits per heavy atom. The summed E-state index contributed by atoms with van der Waals surface area (Å²) in [6.07, 6.45) is 0. The molecule has 198 valence electrons. The number of aromatic nitrogens is 3. The number of hydrogen-bond donors (Lipinski definition) is 1.